The van der Waals surface area contributed by atoms with E-state index in [2.05, 4.69) is 60.7 Å². The molecule has 172 valence electrons. The third-order valence-corrected chi connectivity index (χ3v) is 5.91. The molecule has 0 aliphatic heterocycles. The quantitative estimate of drug-likeness (QED) is 0.386. The molecule has 2 heterocycles. The molecule has 2 aromatic carbocycles. The van der Waals surface area contributed by atoms with Crippen molar-refractivity contribution in [3.63, 3.8) is 0 Å². The molecule has 0 aliphatic carbocycles. The number of rotatable bonds is 9. The predicted octanol–water partition coefficient (Wildman–Crippen LogP) is 5.17. The lowest BCUT2D eigenvalue weighted by atomic mass is 9.87. The van der Waals surface area contributed by atoms with Crippen LogP contribution in [0.1, 0.15) is 37.3 Å². The normalized spacial score (nSPS) is 12.3. The molecule has 0 saturated heterocycles. The summed E-state index contributed by atoms with van der Waals surface area (Å²) in [6, 6.07) is 15.3. The second kappa shape index (κ2) is 10.0. The molecule has 0 unspecified atom stereocenters. The molecule has 0 bridgehead atoms. The zero-order valence-electron chi connectivity index (χ0n) is 20.0. The van der Waals surface area contributed by atoms with Crippen molar-refractivity contribution < 1.29 is 9.47 Å². The first-order valence-electron chi connectivity index (χ1n) is 11.3. The lowest BCUT2D eigenvalue weighted by molar-refractivity contribution is 0.392. The van der Waals surface area contributed by atoms with E-state index in [0.717, 1.165) is 46.5 Å². The first-order chi connectivity index (χ1) is 16.0. The van der Waals surface area contributed by atoms with Gasteiger partial charge in [0.15, 0.2) is 0 Å². The summed E-state index contributed by atoms with van der Waals surface area (Å²) in [5.41, 5.74) is 5.52. The van der Waals surface area contributed by atoms with Crippen molar-refractivity contribution in [2.45, 2.75) is 32.2 Å². The summed E-state index contributed by atoms with van der Waals surface area (Å²) in [7, 11) is 5.30. The Morgan fingerprint density at radius 1 is 0.909 bits per heavy atom. The Kier molecular flexibility index (Phi) is 6.94. The average Bonchev–Trinajstić information content (AvgIpc) is 3.26. The Morgan fingerprint density at radius 3 is 2.30 bits per heavy atom. The number of nitrogens with one attached hydrogen (secondary N) is 1. The van der Waals surface area contributed by atoms with E-state index >= 15 is 0 Å². The van der Waals surface area contributed by atoms with Gasteiger partial charge in [-0.2, -0.15) is 5.10 Å². The number of nitrogens with zero attached hydrogens (tertiary/aromatic N) is 3. The summed E-state index contributed by atoms with van der Waals surface area (Å²) in [6.07, 6.45) is 6.75. The van der Waals surface area contributed by atoms with Crippen molar-refractivity contribution >= 4 is 10.9 Å². The Labute approximate surface area is 195 Å². The van der Waals surface area contributed by atoms with Crippen LogP contribution in [0.3, 0.4) is 0 Å². The molecule has 6 nitrogen and oxygen atoms in total. The molecule has 6 heteroatoms. The van der Waals surface area contributed by atoms with E-state index in [0.29, 0.717) is 6.04 Å². The predicted molar refractivity (Wildman–Crippen MR) is 133 cm³/mol. The van der Waals surface area contributed by atoms with Gasteiger partial charge in [-0.1, -0.05) is 19.9 Å². The van der Waals surface area contributed by atoms with E-state index in [1.54, 1.807) is 14.2 Å². The van der Waals surface area contributed by atoms with E-state index in [9.17, 15) is 0 Å². The van der Waals surface area contributed by atoms with Crippen LogP contribution in [0.25, 0.3) is 22.0 Å². The highest BCUT2D eigenvalue weighted by molar-refractivity contribution is 5.84. The average molecular weight is 445 g/mol. The van der Waals surface area contributed by atoms with Gasteiger partial charge in [0.05, 0.1) is 25.9 Å². The van der Waals surface area contributed by atoms with Crippen LogP contribution in [-0.4, -0.2) is 41.6 Å². The minimum absolute atomic E-state index is 0.187. The van der Waals surface area contributed by atoms with Crippen LogP contribution in [0, 0.1) is 0 Å². The van der Waals surface area contributed by atoms with Gasteiger partial charge in [-0.05, 0) is 54.4 Å². The second-order valence-corrected chi connectivity index (χ2v) is 8.67. The number of methoxy groups -OCH3 is 2. The summed E-state index contributed by atoms with van der Waals surface area (Å²) in [5.74, 6) is 1.78. The van der Waals surface area contributed by atoms with Crippen molar-refractivity contribution in [2.24, 2.45) is 7.05 Å². The summed E-state index contributed by atoms with van der Waals surface area (Å²) in [6.45, 7) is 5.25. The number of aromatic nitrogens is 3. The maximum Gasteiger partial charge on any atom is 0.122 e. The summed E-state index contributed by atoms with van der Waals surface area (Å²) >= 11 is 0. The number of aryl methyl sites for hydroxylation is 1. The number of hydrogen-bond donors (Lipinski definition) is 1. The number of pyridine rings is 1. The van der Waals surface area contributed by atoms with E-state index in [1.165, 1.54) is 11.1 Å². The third-order valence-electron chi connectivity index (χ3n) is 5.91. The van der Waals surface area contributed by atoms with Gasteiger partial charge >= 0.3 is 0 Å². The van der Waals surface area contributed by atoms with Crippen LogP contribution >= 0.6 is 0 Å². The summed E-state index contributed by atoms with van der Waals surface area (Å²) < 4.78 is 12.9. The number of fused-ring (bicyclic) bond motifs is 1. The lowest BCUT2D eigenvalue weighted by Gasteiger charge is -2.21. The molecule has 0 saturated carbocycles. The van der Waals surface area contributed by atoms with Crippen molar-refractivity contribution in [1.29, 1.82) is 0 Å². The van der Waals surface area contributed by atoms with E-state index in [4.69, 9.17) is 14.5 Å². The number of ether oxygens (including phenoxy) is 2. The molecular formula is C27H32N4O2. The van der Waals surface area contributed by atoms with Crippen LogP contribution in [0.5, 0.6) is 11.5 Å². The highest BCUT2D eigenvalue weighted by Gasteiger charge is 2.18. The summed E-state index contributed by atoms with van der Waals surface area (Å²) in [4.78, 5) is 4.69. The molecule has 1 atom stereocenters. The Hall–Kier alpha value is -3.38. The maximum absolute atomic E-state index is 5.55. The van der Waals surface area contributed by atoms with Crippen molar-refractivity contribution in [3.05, 3.63) is 72.2 Å². The SMILES string of the molecule is COc1cc(OC)cc([C@H](CCNC(C)C)c2ccc3ncc(-c4cnn(C)c4)cc3c2)c1. The van der Waals surface area contributed by atoms with Crippen molar-refractivity contribution in [1.82, 2.24) is 20.1 Å². The molecule has 4 rings (SSSR count). The molecule has 0 amide bonds. The third kappa shape index (κ3) is 5.34. The zero-order chi connectivity index (χ0) is 23.4. The molecule has 0 fully saturated rings. The molecule has 4 aromatic rings. The fourth-order valence-electron chi connectivity index (χ4n) is 4.17. The van der Waals surface area contributed by atoms with Gasteiger partial charge in [-0.15, -0.1) is 0 Å². The van der Waals surface area contributed by atoms with Gasteiger partial charge in [0.25, 0.3) is 0 Å². The topological polar surface area (TPSA) is 61.2 Å². The monoisotopic (exact) mass is 444 g/mol. The molecule has 0 radical (unpaired) electrons. The van der Waals surface area contributed by atoms with Crippen LogP contribution in [-0.2, 0) is 7.05 Å². The zero-order valence-corrected chi connectivity index (χ0v) is 20.0. The fraction of sp³-hybridized carbons (Fsp3) is 0.333. The highest BCUT2D eigenvalue weighted by Crippen LogP contribution is 2.35. The van der Waals surface area contributed by atoms with Crippen LogP contribution < -0.4 is 14.8 Å². The van der Waals surface area contributed by atoms with E-state index < -0.39 is 0 Å². The standard InChI is InChI=1S/C27H32N4O2/c1-18(2)28-9-8-26(20-12-24(32-4)14-25(13-20)33-5)19-6-7-27-21(10-19)11-22(15-29-27)23-16-30-31(3)17-23/h6-7,10-18,26,28H,8-9H2,1-5H3/t26-/m1/s1. The van der Waals surface area contributed by atoms with Crippen molar-refractivity contribution in [3.8, 4) is 22.6 Å². The molecule has 0 aliphatic rings. The van der Waals surface area contributed by atoms with Crippen LogP contribution in [0.4, 0.5) is 0 Å². The van der Waals surface area contributed by atoms with E-state index in [1.807, 2.05) is 36.4 Å². The van der Waals surface area contributed by atoms with Gasteiger partial charge in [0.1, 0.15) is 11.5 Å². The Bertz CT molecular complexity index is 1210. The van der Waals surface area contributed by atoms with Gasteiger partial charge in [0, 0.05) is 54.0 Å². The van der Waals surface area contributed by atoms with Gasteiger partial charge < -0.3 is 14.8 Å². The smallest absolute Gasteiger partial charge is 0.122 e. The molecule has 0 spiro atoms. The second-order valence-electron chi connectivity index (χ2n) is 8.67. The highest BCUT2D eigenvalue weighted by atomic mass is 16.5. The Balaban J connectivity index is 1.76. The molecule has 2 aromatic heterocycles. The number of benzene rings is 2. The minimum atomic E-state index is 0.187. The van der Waals surface area contributed by atoms with Gasteiger partial charge in [0.2, 0.25) is 0 Å². The first kappa shape index (κ1) is 22.8. The minimum Gasteiger partial charge on any atom is -0.497 e. The fourth-order valence-corrected chi connectivity index (χ4v) is 4.17. The molecule has 1 N–H and O–H groups in total. The molecular weight excluding hydrogens is 412 g/mol. The molecule has 33 heavy (non-hydrogen) atoms. The van der Waals surface area contributed by atoms with Crippen LogP contribution in [0.2, 0.25) is 0 Å². The van der Waals surface area contributed by atoms with E-state index in [-0.39, 0.29) is 5.92 Å². The first-order valence-corrected chi connectivity index (χ1v) is 11.3. The van der Waals surface area contributed by atoms with Gasteiger partial charge in [-0.3, -0.25) is 9.67 Å². The summed E-state index contributed by atoms with van der Waals surface area (Å²) in [5, 5.41) is 8.97. The Morgan fingerprint density at radius 2 is 1.67 bits per heavy atom. The maximum atomic E-state index is 5.55. The lowest BCUT2D eigenvalue weighted by Crippen LogP contribution is -2.25. The van der Waals surface area contributed by atoms with Crippen LogP contribution in [0.15, 0.2) is 61.1 Å². The largest absolute Gasteiger partial charge is 0.497 e. The van der Waals surface area contributed by atoms with Crippen molar-refractivity contribution in [2.75, 3.05) is 20.8 Å². The van der Waals surface area contributed by atoms with Gasteiger partial charge in [-0.25, -0.2) is 0 Å². The number of hydrogen-bond acceptors (Lipinski definition) is 5.